The van der Waals surface area contributed by atoms with E-state index in [1.807, 2.05) is 19.9 Å². The molecule has 42 heavy (non-hydrogen) atoms. The van der Waals surface area contributed by atoms with Crippen molar-refractivity contribution in [2.75, 3.05) is 7.11 Å². The monoisotopic (exact) mass is 576 g/mol. The van der Waals surface area contributed by atoms with Gasteiger partial charge in [-0.15, -0.1) is 0 Å². The average molecular weight is 577 g/mol. The summed E-state index contributed by atoms with van der Waals surface area (Å²) in [6.45, 7) is 15.5. The van der Waals surface area contributed by atoms with Gasteiger partial charge in [-0.3, -0.25) is 4.79 Å². The minimum absolute atomic E-state index is 0.0216. The Morgan fingerprint density at radius 2 is 1.81 bits per heavy atom. The SMILES string of the molecule is C=C(C)[C@@H]1CCC2=C[C@H](C/C(C)=C\C(=O)[C@@H]3C[C@@]4(CC[C@@H]5[C@@H]4CC(C)(C)C[C@H]4C[C@]45C)OC(=C3C(=O)OC)C1)OC2=O. The van der Waals surface area contributed by atoms with E-state index in [0.717, 1.165) is 36.3 Å². The van der Waals surface area contributed by atoms with Crippen molar-refractivity contribution in [2.24, 2.45) is 40.4 Å². The quantitative estimate of drug-likeness (QED) is 0.256. The van der Waals surface area contributed by atoms with Crippen LogP contribution in [0.3, 0.4) is 0 Å². The van der Waals surface area contributed by atoms with E-state index in [1.54, 1.807) is 6.08 Å². The van der Waals surface area contributed by atoms with Gasteiger partial charge in [-0.2, -0.15) is 0 Å². The first kappa shape index (κ1) is 29.4. The number of hydrogen-bond donors (Lipinski definition) is 0. The molecule has 2 aliphatic heterocycles. The first-order chi connectivity index (χ1) is 19.7. The summed E-state index contributed by atoms with van der Waals surface area (Å²) >= 11 is 0. The molecule has 6 nitrogen and oxygen atoms in total. The van der Waals surface area contributed by atoms with Crippen molar-refractivity contribution in [3.05, 3.63) is 46.8 Å². The fraction of sp³-hybridized carbons (Fsp3) is 0.694. The van der Waals surface area contributed by atoms with Gasteiger partial charge in [-0.25, -0.2) is 9.59 Å². The van der Waals surface area contributed by atoms with Crippen molar-refractivity contribution in [2.45, 2.75) is 111 Å². The number of hydrogen-bond acceptors (Lipinski definition) is 6. The highest BCUT2D eigenvalue weighted by Gasteiger charge is 2.67. The number of ether oxygens (including phenoxy) is 3. The van der Waals surface area contributed by atoms with Crippen LogP contribution in [0.1, 0.15) is 98.8 Å². The molecule has 228 valence electrons. The zero-order valence-corrected chi connectivity index (χ0v) is 26.3. The molecule has 6 rings (SSSR count). The lowest BCUT2D eigenvalue weighted by Crippen LogP contribution is -2.48. The molecule has 1 spiro atoms. The lowest BCUT2D eigenvalue weighted by molar-refractivity contribution is -0.143. The summed E-state index contributed by atoms with van der Waals surface area (Å²) in [7, 11) is 1.38. The number of ketones is 1. The molecular weight excluding hydrogens is 528 g/mol. The Bertz CT molecular complexity index is 1310. The zero-order valence-electron chi connectivity index (χ0n) is 26.3. The fourth-order valence-corrected chi connectivity index (χ4v) is 9.59. The molecule has 4 bridgehead atoms. The number of esters is 2. The molecule has 0 aromatic rings. The predicted molar refractivity (Wildman–Crippen MR) is 160 cm³/mol. The highest BCUT2D eigenvalue weighted by Crippen LogP contribution is 2.72. The maximum Gasteiger partial charge on any atom is 0.337 e. The number of rotatable bonds is 2. The fourth-order valence-electron chi connectivity index (χ4n) is 9.59. The highest BCUT2D eigenvalue weighted by atomic mass is 16.5. The van der Waals surface area contributed by atoms with Crippen LogP contribution in [-0.2, 0) is 28.6 Å². The Labute approximate surface area is 251 Å². The zero-order chi connectivity index (χ0) is 30.2. The van der Waals surface area contributed by atoms with Crippen molar-refractivity contribution < 1.29 is 28.6 Å². The third kappa shape index (κ3) is 5.01. The van der Waals surface area contributed by atoms with Crippen LogP contribution in [0.2, 0.25) is 0 Å². The van der Waals surface area contributed by atoms with E-state index in [2.05, 4.69) is 27.4 Å². The smallest absolute Gasteiger partial charge is 0.337 e. The molecule has 2 heterocycles. The summed E-state index contributed by atoms with van der Waals surface area (Å²) < 4.78 is 18.2. The molecule has 0 saturated heterocycles. The summed E-state index contributed by atoms with van der Waals surface area (Å²) in [6.07, 6.45) is 11.5. The van der Waals surface area contributed by atoms with Crippen molar-refractivity contribution in [1.82, 2.24) is 0 Å². The van der Waals surface area contributed by atoms with Crippen LogP contribution in [0.5, 0.6) is 0 Å². The maximum absolute atomic E-state index is 14.2. The highest BCUT2D eigenvalue weighted by molar-refractivity contribution is 6.03. The molecule has 4 aliphatic carbocycles. The summed E-state index contributed by atoms with van der Waals surface area (Å²) in [5.41, 5.74) is 2.90. The van der Waals surface area contributed by atoms with Crippen LogP contribution < -0.4 is 0 Å². The van der Waals surface area contributed by atoms with Gasteiger partial charge >= 0.3 is 11.9 Å². The van der Waals surface area contributed by atoms with Gasteiger partial charge in [-0.05, 0) is 99.5 Å². The largest absolute Gasteiger partial charge is 0.491 e. The Balaban J connectivity index is 1.46. The van der Waals surface area contributed by atoms with Crippen LogP contribution in [0.15, 0.2) is 46.8 Å². The summed E-state index contributed by atoms with van der Waals surface area (Å²) in [5.74, 6) is 0.751. The second-order valence-electron chi connectivity index (χ2n) is 15.5. The molecule has 0 aromatic carbocycles. The van der Waals surface area contributed by atoms with Crippen molar-refractivity contribution in [3.63, 3.8) is 0 Å². The van der Waals surface area contributed by atoms with E-state index in [-0.39, 0.29) is 29.2 Å². The minimum Gasteiger partial charge on any atom is -0.491 e. The van der Waals surface area contributed by atoms with E-state index < -0.39 is 17.5 Å². The summed E-state index contributed by atoms with van der Waals surface area (Å²) in [4.78, 5) is 40.4. The van der Waals surface area contributed by atoms with Crippen molar-refractivity contribution in [3.8, 4) is 0 Å². The van der Waals surface area contributed by atoms with Crippen LogP contribution in [0.4, 0.5) is 0 Å². The average Bonchev–Trinajstić information content (AvgIpc) is 3.25. The van der Waals surface area contributed by atoms with Crippen LogP contribution >= 0.6 is 0 Å². The van der Waals surface area contributed by atoms with E-state index in [9.17, 15) is 14.4 Å². The van der Waals surface area contributed by atoms with Crippen molar-refractivity contribution >= 4 is 17.7 Å². The molecule has 6 aliphatic rings. The normalized spacial score (nSPS) is 42.1. The Kier molecular flexibility index (Phi) is 7.17. The standard InChI is InChI=1S/C36H48O6/c1-20(2)22-8-9-23-14-25(41-32(23)38)12-21(3)13-29(37)26-18-36(42-30(15-22)31(26)33(39)40-7)11-10-27-28(36)19-34(4,5)16-24-17-35(24,27)6/h13-14,22,24-28H,1,8-12,15-19H2,2-7H3/b21-13-/t22-,24+,25+,26+,27-,28+,35-,36-/m1/s1. The predicted octanol–water partition coefficient (Wildman–Crippen LogP) is 7.19. The van der Waals surface area contributed by atoms with Gasteiger partial charge in [0.15, 0.2) is 5.78 Å². The molecule has 3 saturated carbocycles. The molecule has 6 heteroatoms. The van der Waals surface area contributed by atoms with Gasteiger partial charge < -0.3 is 14.2 Å². The maximum atomic E-state index is 14.2. The van der Waals surface area contributed by atoms with E-state index >= 15 is 0 Å². The second kappa shape index (κ2) is 10.2. The Morgan fingerprint density at radius 3 is 2.52 bits per heavy atom. The Morgan fingerprint density at radius 1 is 1.05 bits per heavy atom. The topological polar surface area (TPSA) is 78.9 Å². The van der Waals surface area contributed by atoms with Gasteiger partial charge in [0.1, 0.15) is 17.5 Å². The number of methoxy groups -OCH3 is 1. The molecule has 0 unspecified atom stereocenters. The minimum atomic E-state index is -0.630. The lowest BCUT2D eigenvalue weighted by Gasteiger charge is -2.47. The van der Waals surface area contributed by atoms with Crippen LogP contribution in [0.25, 0.3) is 0 Å². The molecule has 0 amide bonds. The summed E-state index contributed by atoms with van der Waals surface area (Å²) in [5, 5.41) is 0. The van der Waals surface area contributed by atoms with Gasteiger partial charge in [0.2, 0.25) is 0 Å². The van der Waals surface area contributed by atoms with Gasteiger partial charge in [0, 0.05) is 30.8 Å². The lowest BCUT2D eigenvalue weighted by atomic mass is 9.67. The number of carbonyl (C=O) groups excluding carboxylic acids is 3. The summed E-state index contributed by atoms with van der Waals surface area (Å²) in [6, 6.07) is 0. The number of carbonyl (C=O) groups is 3. The van der Waals surface area contributed by atoms with E-state index in [1.165, 1.54) is 20.0 Å². The molecule has 3 fully saturated rings. The number of allylic oxidation sites excluding steroid dienone is 3. The Hall–Kier alpha value is -2.63. The van der Waals surface area contributed by atoms with Crippen molar-refractivity contribution in [1.29, 1.82) is 0 Å². The van der Waals surface area contributed by atoms with Gasteiger partial charge in [0.05, 0.1) is 18.6 Å². The molecule has 0 radical (unpaired) electrons. The molecule has 0 N–H and O–H groups in total. The van der Waals surface area contributed by atoms with Gasteiger partial charge in [-0.1, -0.05) is 38.5 Å². The third-order valence-corrected chi connectivity index (χ3v) is 11.9. The number of fused-ring (bicyclic) bond motifs is 6. The third-order valence-electron chi connectivity index (χ3n) is 11.9. The second-order valence-corrected chi connectivity index (χ2v) is 15.5. The van der Waals surface area contributed by atoms with E-state index in [0.29, 0.717) is 66.3 Å². The molecule has 0 aromatic heterocycles. The molecular formula is C36H48O6. The van der Waals surface area contributed by atoms with Gasteiger partial charge in [0.25, 0.3) is 0 Å². The first-order valence-electron chi connectivity index (χ1n) is 16.0. The molecule has 8 atom stereocenters. The van der Waals surface area contributed by atoms with Crippen LogP contribution in [0, 0.1) is 40.4 Å². The van der Waals surface area contributed by atoms with Crippen LogP contribution in [-0.4, -0.2) is 36.5 Å². The van der Waals surface area contributed by atoms with E-state index in [4.69, 9.17) is 14.2 Å². The first-order valence-corrected chi connectivity index (χ1v) is 16.0.